The lowest BCUT2D eigenvalue weighted by Crippen LogP contribution is -2.32. The van der Waals surface area contributed by atoms with E-state index in [2.05, 4.69) is 59.7 Å². The number of hydrogen-bond acceptors (Lipinski definition) is 5. The zero-order valence-electron chi connectivity index (χ0n) is 22.3. The highest BCUT2D eigenvalue weighted by Crippen LogP contribution is 2.52. The number of hydrogen-bond donors (Lipinski definition) is 2. The van der Waals surface area contributed by atoms with Gasteiger partial charge in [0, 0.05) is 23.0 Å². The predicted molar refractivity (Wildman–Crippen MR) is 138 cm³/mol. The summed E-state index contributed by atoms with van der Waals surface area (Å²) in [5.74, 6) is -0.281. The summed E-state index contributed by atoms with van der Waals surface area (Å²) in [5.41, 5.74) is 5.62. The van der Waals surface area contributed by atoms with Crippen LogP contribution in [-0.2, 0) is 32.3 Å². The summed E-state index contributed by atoms with van der Waals surface area (Å²) in [6, 6.07) is 8.46. The van der Waals surface area contributed by atoms with Gasteiger partial charge in [-0.15, -0.1) is 0 Å². The van der Waals surface area contributed by atoms with Crippen molar-refractivity contribution in [1.82, 2.24) is 0 Å². The average Bonchev–Trinajstić information content (AvgIpc) is 3.26. The van der Waals surface area contributed by atoms with Gasteiger partial charge >= 0.3 is 5.97 Å². The van der Waals surface area contributed by atoms with Crippen molar-refractivity contribution in [3.63, 3.8) is 0 Å². The summed E-state index contributed by atoms with van der Waals surface area (Å²) in [4.78, 5) is 24.9. The van der Waals surface area contributed by atoms with Crippen molar-refractivity contribution in [3.8, 4) is 5.75 Å². The molecule has 2 atom stereocenters. The highest BCUT2D eigenvalue weighted by Gasteiger charge is 2.43. The number of aliphatic hydroxyl groups excluding tert-OH is 2. The smallest absolute Gasteiger partial charge is 0.345 e. The Hall–Kier alpha value is -2.50. The minimum absolute atomic E-state index is 0.142. The van der Waals surface area contributed by atoms with Crippen LogP contribution in [0, 0.1) is 0 Å². The Morgan fingerprint density at radius 3 is 1.92 bits per heavy atom. The molecule has 2 aliphatic carbocycles. The molecule has 2 unspecified atom stereocenters. The van der Waals surface area contributed by atoms with Gasteiger partial charge in [-0.05, 0) is 57.6 Å². The fourth-order valence-electron chi connectivity index (χ4n) is 6.51. The first-order valence-corrected chi connectivity index (χ1v) is 13.2. The highest BCUT2D eigenvalue weighted by atomic mass is 16.6. The number of benzene rings is 2. The number of fused-ring (bicyclic) bond motifs is 2. The zero-order chi connectivity index (χ0) is 26.2. The molecule has 0 radical (unpaired) electrons. The molecular weight excluding hydrogens is 452 g/mol. The Morgan fingerprint density at radius 2 is 1.33 bits per heavy atom. The molecule has 0 spiro atoms. The van der Waals surface area contributed by atoms with E-state index in [0.29, 0.717) is 11.3 Å². The second-order valence-electron chi connectivity index (χ2n) is 13.0. The second kappa shape index (κ2) is 8.26. The van der Waals surface area contributed by atoms with Crippen LogP contribution in [0.15, 0.2) is 24.3 Å². The van der Waals surface area contributed by atoms with Crippen molar-refractivity contribution in [2.24, 2.45) is 0 Å². The largest absolute Gasteiger partial charge is 0.424 e. The van der Waals surface area contributed by atoms with Crippen molar-refractivity contribution in [2.75, 3.05) is 0 Å². The topological polar surface area (TPSA) is 83.8 Å². The van der Waals surface area contributed by atoms with E-state index in [9.17, 15) is 19.8 Å². The van der Waals surface area contributed by atoms with E-state index in [-0.39, 0.29) is 28.4 Å². The third kappa shape index (κ3) is 3.83. The summed E-state index contributed by atoms with van der Waals surface area (Å²) in [6.07, 6.45) is 3.02. The molecule has 5 rings (SSSR count). The summed E-state index contributed by atoms with van der Waals surface area (Å²) in [7, 11) is 0. The number of aliphatic hydroxyl groups is 2. The van der Waals surface area contributed by atoms with E-state index >= 15 is 0 Å². The number of ether oxygens (including phenoxy) is 1. The standard InChI is InChI=1S/C31H38O5/c1-29(2,3)22-14-17(12-20-19(22)16-24(32)25(20)33)31(10-8-7-9-11-31)18-13-21-26(34)28(35)36-27(21)23(15-18)30(4,5)6/h12-15,25-26,33-34H,7-11,16H2,1-6H3. The van der Waals surface area contributed by atoms with E-state index in [4.69, 9.17) is 4.74 Å². The first-order valence-electron chi connectivity index (χ1n) is 13.2. The molecule has 1 fully saturated rings. The molecule has 1 aliphatic heterocycles. The Balaban J connectivity index is 1.79. The third-order valence-corrected chi connectivity index (χ3v) is 8.50. The number of rotatable bonds is 2. The van der Waals surface area contributed by atoms with Crippen LogP contribution in [0.4, 0.5) is 0 Å². The molecule has 0 saturated heterocycles. The minimum atomic E-state index is -1.29. The Kier molecular flexibility index (Phi) is 5.77. The summed E-state index contributed by atoms with van der Waals surface area (Å²) >= 11 is 0. The van der Waals surface area contributed by atoms with Gasteiger partial charge in [-0.2, -0.15) is 0 Å². The average molecular weight is 491 g/mol. The van der Waals surface area contributed by atoms with E-state index < -0.39 is 18.2 Å². The number of esters is 1. The van der Waals surface area contributed by atoms with Gasteiger partial charge in [-0.1, -0.05) is 79.0 Å². The van der Waals surface area contributed by atoms with E-state index in [1.165, 1.54) is 0 Å². The first-order chi connectivity index (χ1) is 16.7. The van der Waals surface area contributed by atoms with Crippen molar-refractivity contribution < 1.29 is 24.5 Å². The van der Waals surface area contributed by atoms with E-state index in [0.717, 1.165) is 65.5 Å². The maximum atomic E-state index is 12.6. The number of ketones is 1. The second-order valence-corrected chi connectivity index (χ2v) is 13.0. The van der Waals surface area contributed by atoms with Gasteiger partial charge in [0.05, 0.1) is 0 Å². The number of carbonyl (C=O) groups excluding carboxylic acids is 2. The SMILES string of the molecule is CC(C)(C)c1cc(C2(c3cc4c(c(C(C)(C)C)c3)OC(=O)C4O)CCCCC2)cc2c1CC(=O)C2O. The number of carbonyl (C=O) groups is 2. The van der Waals surface area contributed by atoms with Crippen LogP contribution in [0.2, 0.25) is 0 Å². The van der Waals surface area contributed by atoms with Gasteiger partial charge in [0.1, 0.15) is 11.9 Å². The lowest BCUT2D eigenvalue weighted by atomic mass is 9.63. The van der Waals surface area contributed by atoms with Crippen molar-refractivity contribution in [2.45, 2.75) is 109 Å². The first kappa shape index (κ1) is 25.2. The normalized spacial score (nSPS) is 23.4. The van der Waals surface area contributed by atoms with Gasteiger partial charge in [0.25, 0.3) is 0 Å². The molecule has 5 nitrogen and oxygen atoms in total. The minimum Gasteiger partial charge on any atom is -0.424 e. The monoisotopic (exact) mass is 490 g/mol. The molecule has 36 heavy (non-hydrogen) atoms. The van der Waals surface area contributed by atoms with Gasteiger partial charge in [0.2, 0.25) is 0 Å². The van der Waals surface area contributed by atoms with Crippen LogP contribution < -0.4 is 4.74 Å². The van der Waals surface area contributed by atoms with Gasteiger partial charge in [-0.3, -0.25) is 4.79 Å². The molecule has 0 amide bonds. The maximum Gasteiger partial charge on any atom is 0.345 e. The molecule has 2 aromatic rings. The van der Waals surface area contributed by atoms with Crippen LogP contribution >= 0.6 is 0 Å². The van der Waals surface area contributed by atoms with Gasteiger partial charge in [0.15, 0.2) is 11.9 Å². The van der Waals surface area contributed by atoms with Crippen LogP contribution in [0.5, 0.6) is 5.75 Å². The molecule has 2 N–H and O–H groups in total. The van der Waals surface area contributed by atoms with Gasteiger partial charge in [-0.25, -0.2) is 4.79 Å². The summed E-state index contributed by atoms with van der Waals surface area (Å²) in [6.45, 7) is 12.7. The molecule has 192 valence electrons. The molecule has 3 aliphatic rings. The Labute approximate surface area is 213 Å². The highest BCUT2D eigenvalue weighted by molar-refractivity contribution is 5.92. The van der Waals surface area contributed by atoms with Crippen LogP contribution in [0.25, 0.3) is 0 Å². The molecule has 1 saturated carbocycles. The van der Waals surface area contributed by atoms with Crippen LogP contribution in [-0.4, -0.2) is 22.0 Å². The summed E-state index contributed by atoms with van der Waals surface area (Å²) < 4.78 is 5.55. The molecule has 1 heterocycles. The lowest BCUT2D eigenvalue weighted by molar-refractivity contribution is -0.141. The predicted octanol–water partition coefficient (Wildman–Crippen LogP) is 5.64. The molecule has 2 aromatic carbocycles. The maximum absolute atomic E-state index is 12.6. The van der Waals surface area contributed by atoms with E-state index in [1.54, 1.807) is 0 Å². The molecule has 0 bridgehead atoms. The Morgan fingerprint density at radius 1 is 0.778 bits per heavy atom. The third-order valence-electron chi connectivity index (χ3n) is 8.50. The quantitative estimate of drug-likeness (QED) is 0.420. The molecule has 0 aromatic heterocycles. The van der Waals surface area contributed by atoms with E-state index in [1.807, 2.05) is 6.07 Å². The van der Waals surface area contributed by atoms with Crippen LogP contribution in [0.1, 0.15) is 125 Å². The lowest BCUT2D eigenvalue weighted by Gasteiger charge is -2.41. The Bertz CT molecular complexity index is 1160. The zero-order valence-corrected chi connectivity index (χ0v) is 22.3. The van der Waals surface area contributed by atoms with Crippen molar-refractivity contribution in [1.29, 1.82) is 0 Å². The van der Waals surface area contributed by atoms with Crippen molar-refractivity contribution >= 4 is 11.8 Å². The molecular formula is C31H38O5. The van der Waals surface area contributed by atoms with Gasteiger partial charge < -0.3 is 14.9 Å². The fourth-order valence-corrected chi connectivity index (χ4v) is 6.51. The van der Waals surface area contributed by atoms with Crippen molar-refractivity contribution in [3.05, 3.63) is 63.2 Å². The summed E-state index contributed by atoms with van der Waals surface area (Å²) in [5, 5.41) is 21.5. The number of Topliss-reactive ketones (excluding diaryl/α,β-unsaturated/α-hetero) is 1. The fraction of sp³-hybridized carbons (Fsp3) is 0.548. The molecule has 5 heteroatoms. The van der Waals surface area contributed by atoms with Crippen LogP contribution in [0.3, 0.4) is 0 Å².